The number of rotatable bonds is 3. The van der Waals surface area contributed by atoms with Crippen molar-refractivity contribution in [1.82, 2.24) is 4.98 Å². The van der Waals surface area contributed by atoms with Gasteiger partial charge in [-0.25, -0.2) is 4.79 Å². The quantitative estimate of drug-likeness (QED) is 0.794. The number of ether oxygens (including phenoxy) is 1. The SMILES string of the molecule is Cc1c(C2CC2)nc2c(c1NC(=O)OCC(Cl)(Cl)Cl)CCC2. The van der Waals surface area contributed by atoms with Crippen LogP contribution in [0.15, 0.2) is 0 Å². The second-order valence-corrected chi connectivity index (χ2v) is 8.38. The number of alkyl halides is 3. The molecule has 1 N–H and O–H groups in total. The molecule has 1 aromatic heterocycles. The fourth-order valence-electron chi connectivity index (χ4n) is 2.91. The van der Waals surface area contributed by atoms with E-state index >= 15 is 0 Å². The zero-order valence-electron chi connectivity index (χ0n) is 12.2. The number of anilines is 1. The predicted octanol–water partition coefficient (Wildman–Crippen LogP) is 4.67. The lowest BCUT2D eigenvalue weighted by molar-refractivity contribution is 0.164. The number of aryl methyl sites for hydroxylation is 1. The molecule has 2 aliphatic rings. The molecule has 1 aromatic rings. The normalized spacial score (nSPS) is 17.3. The molecule has 0 spiro atoms. The number of aromatic nitrogens is 1. The number of nitrogens with zero attached hydrogens (tertiary/aromatic N) is 1. The molecule has 22 heavy (non-hydrogen) atoms. The fourth-order valence-corrected chi connectivity index (χ4v) is 3.08. The van der Waals surface area contributed by atoms with E-state index in [-0.39, 0.29) is 6.61 Å². The summed E-state index contributed by atoms with van der Waals surface area (Å²) in [6.07, 6.45) is 4.69. The molecule has 1 heterocycles. The van der Waals surface area contributed by atoms with Crippen molar-refractivity contribution in [2.24, 2.45) is 0 Å². The van der Waals surface area contributed by atoms with Crippen LogP contribution in [-0.2, 0) is 17.6 Å². The molecule has 3 rings (SSSR count). The van der Waals surface area contributed by atoms with Crippen molar-refractivity contribution in [3.8, 4) is 0 Å². The monoisotopic (exact) mass is 362 g/mol. The van der Waals surface area contributed by atoms with Crippen molar-refractivity contribution >= 4 is 46.6 Å². The molecule has 0 radical (unpaired) electrons. The van der Waals surface area contributed by atoms with Crippen molar-refractivity contribution in [3.63, 3.8) is 0 Å². The summed E-state index contributed by atoms with van der Waals surface area (Å²) < 4.78 is 3.37. The highest BCUT2D eigenvalue weighted by Crippen LogP contribution is 2.44. The molecule has 1 amide bonds. The molecule has 4 nitrogen and oxygen atoms in total. The zero-order valence-corrected chi connectivity index (χ0v) is 14.5. The van der Waals surface area contributed by atoms with E-state index in [2.05, 4.69) is 5.32 Å². The third-order valence-electron chi connectivity index (χ3n) is 4.06. The van der Waals surface area contributed by atoms with Gasteiger partial charge in [-0.1, -0.05) is 34.8 Å². The molecule has 0 aromatic carbocycles. The summed E-state index contributed by atoms with van der Waals surface area (Å²) in [6, 6.07) is 0. The summed E-state index contributed by atoms with van der Waals surface area (Å²) in [7, 11) is 0. The molecular weight excluding hydrogens is 347 g/mol. The molecule has 7 heteroatoms. The van der Waals surface area contributed by atoms with Crippen LogP contribution in [0.2, 0.25) is 0 Å². The number of halogens is 3. The number of fused-ring (bicyclic) bond motifs is 1. The number of carbonyl (C=O) groups excluding carboxylic acids is 1. The Kier molecular flexibility index (Phi) is 4.45. The van der Waals surface area contributed by atoms with Gasteiger partial charge < -0.3 is 4.74 Å². The second-order valence-electron chi connectivity index (χ2n) is 5.87. The van der Waals surface area contributed by atoms with Gasteiger partial charge in [0.2, 0.25) is 3.79 Å². The summed E-state index contributed by atoms with van der Waals surface area (Å²) >= 11 is 16.8. The highest BCUT2D eigenvalue weighted by atomic mass is 35.6. The van der Waals surface area contributed by atoms with Crippen LogP contribution in [0.25, 0.3) is 0 Å². The van der Waals surface area contributed by atoms with E-state index < -0.39 is 9.89 Å². The van der Waals surface area contributed by atoms with E-state index in [1.807, 2.05) is 6.92 Å². The van der Waals surface area contributed by atoms with Crippen LogP contribution >= 0.6 is 34.8 Å². The van der Waals surface area contributed by atoms with Crippen molar-refractivity contribution in [2.45, 2.75) is 48.7 Å². The lowest BCUT2D eigenvalue weighted by Crippen LogP contribution is -2.22. The van der Waals surface area contributed by atoms with Gasteiger partial charge in [0, 0.05) is 17.3 Å². The van der Waals surface area contributed by atoms with Crippen molar-refractivity contribution in [1.29, 1.82) is 0 Å². The first-order chi connectivity index (χ1) is 10.3. The number of hydrogen-bond donors (Lipinski definition) is 1. The molecule has 0 aliphatic heterocycles. The van der Waals surface area contributed by atoms with Crippen LogP contribution in [0.5, 0.6) is 0 Å². The van der Waals surface area contributed by atoms with E-state index in [1.54, 1.807) is 0 Å². The third kappa shape index (κ3) is 3.61. The summed E-state index contributed by atoms with van der Waals surface area (Å²) in [5.41, 5.74) is 5.20. The number of carbonyl (C=O) groups is 1. The second kappa shape index (κ2) is 6.06. The fraction of sp³-hybridized carbons (Fsp3) is 0.600. The van der Waals surface area contributed by atoms with Gasteiger partial charge in [-0.2, -0.15) is 0 Å². The Morgan fingerprint density at radius 2 is 2.09 bits per heavy atom. The highest BCUT2D eigenvalue weighted by molar-refractivity contribution is 6.67. The van der Waals surface area contributed by atoms with E-state index in [0.29, 0.717) is 5.92 Å². The Morgan fingerprint density at radius 1 is 1.36 bits per heavy atom. The van der Waals surface area contributed by atoms with Gasteiger partial charge >= 0.3 is 6.09 Å². The van der Waals surface area contributed by atoms with Gasteiger partial charge in [-0.05, 0) is 50.2 Å². The Labute approximate surface area is 144 Å². The van der Waals surface area contributed by atoms with Crippen LogP contribution < -0.4 is 5.32 Å². The topological polar surface area (TPSA) is 51.2 Å². The Hall–Kier alpha value is -0.710. The van der Waals surface area contributed by atoms with Gasteiger partial charge in [0.25, 0.3) is 0 Å². The standard InChI is InChI=1S/C15H17Cl3N2O2/c1-8-12(9-5-6-9)19-11-4-2-3-10(11)13(8)20-14(21)22-7-15(16,17)18/h9H,2-7H2,1H3,(H,19,20,21). The first-order valence-electron chi connectivity index (χ1n) is 7.38. The first-order valence-corrected chi connectivity index (χ1v) is 8.51. The average molecular weight is 364 g/mol. The van der Waals surface area contributed by atoms with Crippen molar-refractivity contribution in [2.75, 3.05) is 11.9 Å². The molecule has 0 unspecified atom stereocenters. The van der Waals surface area contributed by atoms with Gasteiger partial charge in [-0.3, -0.25) is 10.3 Å². The molecule has 1 fully saturated rings. The molecule has 0 saturated heterocycles. The lowest BCUT2D eigenvalue weighted by Gasteiger charge is -2.17. The first kappa shape index (κ1) is 16.2. The molecule has 2 aliphatic carbocycles. The number of nitrogens with one attached hydrogen (secondary N) is 1. The van der Waals surface area contributed by atoms with Crippen LogP contribution in [0, 0.1) is 6.92 Å². The van der Waals surface area contributed by atoms with E-state index in [4.69, 9.17) is 44.5 Å². The largest absolute Gasteiger partial charge is 0.445 e. The van der Waals surface area contributed by atoms with Gasteiger partial charge in [0.1, 0.15) is 6.61 Å². The van der Waals surface area contributed by atoms with Gasteiger partial charge in [-0.15, -0.1) is 0 Å². The van der Waals surface area contributed by atoms with E-state index in [0.717, 1.165) is 47.5 Å². The Morgan fingerprint density at radius 3 is 2.73 bits per heavy atom. The average Bonchev–Trinajstić information content (AvgIpc) is 3.17. The molecular formula is C15H17Cl3N2O2. The maximum absolute atomic E-state index is 12.0. The van der Waals surface area contributed by atoms with E-state index in [9.17, 15) is 4.79 Å². The minimum atomic E-state index is -1.61. The lowest BCUT2D eigenvalue weighted by atomic mass is 10.0. The van der Waals surface area contributed by atoms with Gasteiger partial charge in [0.05, 0.1) is 5.69 Å². The van der Waals surface area contributed by atoms with Crippen molar-refractivity contribution < 1.29 is 9.53 Å². The summed E-state index contributed by atoms with van der Waals surface area (Å²) in [6.45, 7) is 1.72. The summed E-state index contributed by atoms with van der Waals surface area (Å²) in [5.74, 6) is 0.531. The Bertz CT molecular complexity index is 610. The third-order valence-corrected chi connectivity index (χ3v) is 4.39. The van der Waals surface area contributed by atoms with Crippen LogP contribution in [-0.4, -0.2) is 21.5 Å². The van der Waals surface area contributed by atoms with Crippen LogP contribution in [0.3, 0.4) is 0 Å². The Balaban J connectivity index is 1.82. The van der Waals surface area contributed by atoms with Crippen LogP contribution in [0.1, 0.15) is 47.7 Å². The van der Waals surface area contributed by atoms with Gasteiger partial charge in [0.15, 0.2) is 0 Å². The molecule has 1 saturated carbocycles. The molecule has 0 atom stereocenters. The minimum absolute atomic E-state index is 0.286. The number of pyridine rings is 1. The number of amides is 1. The maximum atomic E-state index is 12.0. The maximum Gasteiger partial charge on any atom is 0.411 e. The summed E-state index contributed by atoms with van der Waals surface area (Å²) in [5, 5.41) is 2.83. The molecule has 0 bridgehead atoms. The van der Waals surface area contributed by atoms with Crippen molar-refractivity contribution in [3.05, 3.63) is 22.5 Å². The predicted molar refractivity (Wildman–Crippen MR) is 88.2 cm³/mol. The molecule has 120 valence electrons. The van der Waals surface area contributed by atoms with Crippen LogP contribution in [0.4, 0.5) is 10.5 Å². The minimum Gasteiger partial charge on any atom is -0.445 e. The van der Waals surface area contributed by atoms with E-state index in [1.165, 1.54) is 12.8 Å². The number of hydrogen-bond acceptors (Lipinski definition) is 3. The smallest absolute Gasteiger partial charge is 0.411 e. The zero-order chi connectivity index (χ0) is 15.9. The highest BCUT2D eigenvalue weighted by Gasteiger charge is 2.31. The summed E-state index contributed by atoms with van der Waals surface area (Å²) in [4.78, 5) is 16.8.